The number of likely N-dealkylation sites (tertiary alicyclic amines) is 1. The quantitative estimate of drug-likeness (QED) is 0.743. The van der Waals surface area contributed by atoms with Gasteiger partial charge in [-0.2, -0.15) is 8.78 Å². The topological polar surface area (TPSA) is 58.6 Å². The van der Waals surface area contributed by atoms with Crippen molar-refractivity contribution in [2.75, 3.05) is 19.6 Å². The Morgan fingerprint density at radius 2 is 2.04 bits per heavy atom. The zero-order valence-electron chi connectivity index (χ0n) is 12.8. The Morgan fingerprint density at radius 1 is 1.30 bits per heavy atom. The molecular weight excluding hydrogens is 306 g/mol. The van der Waals surface area contributed by atoms with Crippen molar-refractivity contribution < 1.29 is 23.1 Å². The van der Waals surface area contributed by atoms with Gasteiger partial charge in [-0.25, -0.2) is 0 Å². The second-order valence-electron chi connectivity index (χ2n) is 5.39. The summed E-state index contributed by atoms with van der Waals surface area (Å²) in [4.78, 5) is 25.0. The lowest BCUT2D eigenvalue weighted by atomic mass is 10.1. The maximum Gasteiger partial charge on any atom is 0.387 e. The molecule has 0 unspecified atom stereocenters. The molecule has 0 spiro atoms. The fourth-order valence-electron chi connectivity index (χ4n) is 2.47. The molecule has 0 bridgehead atoms. The Bertz CT molecular complexity index is 535. The summed E-state index contributed by atoms with van der Waals surface area (Å²) in [6.07, 6.45) is 2.43. The number of amides is 2. The van der Waals surface area contributed by atoms with Crippen molar-refractivity contribution in [1.29, 1.82) is 0 Å². The SMILES string of the molecule is O=C(Cc1ccc(OC(F)F)cc1)NCCCN1CCCC1=O. The van der Waals surface area contributed by atoms with Gasteiger partial charge in [0.2, 0.25) is 11.8 Å². The highest BCUT2D eigenvalue weighted by Crippen LogP contribution is 2.15. The number of ether oxygens (including phenoxy) is 1. The van der Waals surface area contributed by atoms with Crippen LogP contribution >= 0.6 is 0 Å². The van der Waals surface area contributed by atoms with Crippen LogP contribution in [0.3, 0.4) is 0 Å². The Kier molecular flexibility index (Phi) is 6.31. The highest BCUT2D eigenvalue weighted by molar-refractivity contribution is 5.79. The summed E-state index contributed by atoms with van der Waals surface area (Å²) >= 11 is 0. The third-order valence-corrected chi connectivity index (χ3v) is 3.61. The van der Waals surface area contributed by atoms with Gasteiger partial charge in [0, 0.05) is 26.1 Å². The molecule has 2 amide bonds. The molecule has 1 aromatic rings. The first-order chi connectivity index (χ1) is 11.0. The highest BCUT2D eigenvalue weighted by atomic mass is 19.3. The molecule has 0 aromatic heterocycles. The summed E-state index contributed by atoms with van der Waals surface area (Å²) in [7, 11) is 0. The summed E-state index contributed by atoms with van der Waals surface area (Å²) < 4.78 is 28.3. The van der Waals surface area contributed by atoms with E-state index in [0.717, 1.165) is 24.9 Å². The molecule has 7 heteroatoms. The zero-order valence-corrected chi connectivity index (χ0v) is 12.8. The average Bonchev–Trinajstić information content (AvgIpc) is 2.90. The molecule has 1 saturated heterocycles. The minimum Gasteiger partial charge on any atom is -0.435 e. The highest BCUT2D eigenvalue weighted by Gasteiger charge is 2.19. The van der Waals surface area contributed by atoms with Crippen molar-refractivity contribution in [3.05, 3.63) is 29.8 Å². The van der Waals surface area contributed by atoms with Gasteiger partial charge in [-0.05, 0) is 30.5 Å². The minimum absolute atomic E-state index is 0.0689. The number of nitrogens with one attached hydrogen (secondary N) is 1. The molecule has 1 aliphatic rings. The van der Waals surface area contributed by atoms with Crippen LogP contribution in [0.15, 0.2) is 24.3 Å². The zero-order chi connectivity index (χ0) is 16.7. The van der Waals surface area contributed by atoms with Crippen molar-refractivity contribution in [1.82, 2.24) is 10.2 Å². The first-order valence-electron chi connectivity index (χ1n) is 7.63. The van der Waals surface area contributed by atoms with Crippen molar-refractivity contribution in [2.24, 2.45) is 0 Å². The van der Waals surface area contributed by atoms with Crippen LogP contribution in [0.4, 0.5) is 8.78 Å². The summed E-state index contributed by atoms with van der Waals surface area (Å²) in [6.45, 7) is -0.875. The molecule has 1 aliphatic heterocycles. The van der Waals surface area contributed by atoms with Gasteiger partial charge in [-0.3, -0.25) is 9.59 Å². The van der Waals surface area contributed by atoms with Crippen molar-refractivity contribution in [2.45, 2.75) is 32.3 Å². The number of hydrogen-bond acceptors (Lipinski definition) is 3. The van der Waals surface area contributed by atoms with Crippen molar-refractivity contribution in [3.8, 4) is 5.75 Å². The molecule has 1 heterocycles. The number of nitrogens with zero attached hydrogens (tertiary/aromatic N) is 1. The second kappa shape index (κ2) is 8.45. The number of carbonyl (C=O) groups is 2. The molecular formula is C16H20F2N2O3. The molecule has 1 fully saturated rings. The average molecular weight is 326 g/mol. The van der Waals surface area contributed by atoms with Gasteiger partial charge >= 0.3 is 6.61 Å². The molecule has 126 valence electrons. The van der Waals surface area contributed by atoms with E-state index in [1.807, 2.05) is 4.90 Å². The molecule has 2 rings (SSSR count). The number of benzene rings is 1. The van der Waals surface area contributed by atoms with Crippen LogP contribution in [0.1, 0.15) is 24.8 Å². The van der Waals surface area contributed by atoms with E-state index >= 15 is 0 Å². The van der Waals surface area contributed by atoms with Crippen LogP contribution in [-0.2, 0) is 16.0 Å². The Balaban J connectivity index is 1.65. The van der Waals surface area contributed by atoms with Crippen LogP contribution in [0.5, 0.6) is 5.75 Å². The lowest BCUT2D eigenvalue weighted by Gasteiger charge is -2.15. The summed E-state index contributed by atoms with van der Waals surface area (Å²) in [6, 6.07) is 5.99. The summed E-state index contributed by atoms with van der Waals surface area (Å²) in [5, 5.41) is 2.79. The van der Waals surface area contributed by atoms with Crippen molar-refractivity contribution in [3.63, 3.8) is 0 Å². The molecule has 0 aliphatic carbocycles. The normalized spacial score (nSPS) is 14.4. The van der Waals surface area contributed by atoms with E-state index in [1.165, 1.54) is 12.1 Å². The number of rotatable bonds is 8. The molecule has 0 atom stereocenters. The third kappa shape index (κ3) is 5.84. The van der Waals surface area contributed by atoms with Crippen LogP contribution in [0.2, 0.25) is 0 Å². The van der Waals surface area contributed by atoms with E-state index in [-0.39, 0.29) is 24.0 Å². The van der Waals surface area contributed by atoms with E-state index < -0.39 is 6.61 Å². The smallest absolute Gasteiger partial charge is 0.387 e. The molecule has 0 saturated carbocycles. The van der Waals surface area contributed by atoms with Gasteiger partial charge in [0.1, 0.15) is 5.75 Å². The number of carbonyl (C=O) groups excluding carboxylic acids is 2. The maximum atomic E-state index is 12.0. The van der Waals surface area contributed by atoms with Gasteiger partial charge in [-0.15, -0.1) is 0 Å². The maximum absolute atomic E-state index is 12.0. The predicted molar refractivity (Wildman–Crippen MR) is 80.2 cm³/mol. The molecule has 1 aromatic carbocycles. The molecule has 5 nitrogen and oxygen atoms in total. The van der Waals surface area contributed by atoms with Crippen LogP contribution < -0.4 is 10.1 Å². The van der Waals surface area contributed by atoms with Gasteiger partial charge in [0.05, 0.1) is 6.42 Å². The lowest BCUT2D eigenvalue weighted by molar-refractivity contribution is -0.127. The Labute approximate surface area is 133 Å². The van der Waals surface area contributed by atoms with Gasteiger partial charge in [0.25, 0.3) is 0 Å². The first-order valence-corrected chi connectivity index (χ1v) is 7.63. The fraction of sp³-hybridized carbons (Fsp3) is 0.500. The summed E-state index contributed by atoms with van der Waals surface area (Å²) in [5.74, 6) is 0.113. The Morgan fingerprint density at radius 3 is 2.65 bits per heavy atom. The fourth-order valence-corrected chi connectivity index (χ4v) is 2.47. The van der Waals surface area contributed by atoms with Gasteiger partial charge in [0.15, 0.2) is 0 Å². The second-order valence-corrected chi connectivity index (χ2v) is 5.39. The number of hydrogen-bond donors (Lipinski definition) is 1. The standard InChI is InChI=1S/C16H20F2N2O3/c17-16(18)23-13-6-4-12(5-7-13)11-14(21)19-8-2-10-20-9-1-3-15(20)22/h4-7,16H,1-3,8-11H2,(H,19,21). The number of halogens is 2. The van der Waals surface area contributed by atoms with E-state index in [0.29, 0.717) is 19.5 Å². The van der Waals surface area contributed by atoms with E-state index in [1.54, 1.807) is 12.1 Å². The van der Waals surface area contributed by atoms with Crippen molar-refractivity contribution >= 4 is 11.8 Å². The minimum atomic E-state index is -2.85. The largest absolute Gasteiger partial charge is 0.435 e. The predicted octanol–water partition coefficient (Wildman–Crippen LogP) is 1.96. The van der Waals surface area contributed by atoms with E-state index in [4.69, 9.17) is 0 Å². The van der Waals surface area contributed by atoms with E-state index in [9.17, 15) is 18.4 Å². The van der Waals surface area contributed by atoms with Crippen LogP contribution in [0.25, 0.3) is 0 Å². The lowest BCUT2D eigenvalue weighted by Crippen LogP contribution is -2.31. The van der Waals surface area contributed by atoms with E-state index in [2.05, 4.69) is 10.1 Å². The summed E-state index contributed by atoms with van der Waals surface area (Å²) in [5.41, 5.74) is 0.721. The Hall–Kier alpha value is -2.18. The molecule has 23 heavy (non-hydrogen) atoms. The van der Waals surface area contributed by atoms with Gasteiger partial charge < -0.3 is 15.0 Å². The molecule has 0 radical (unpaired) electrons. The molecule has 1 N–H and O–H groups in total. The van der Waals surface area contributed by atoms with Crippen LogP contribution in [-0.4, -0.2) is 43.0 Å². The monoisotopic (exact) mass is 326 g/mol. The number of alkyl halides is 2. The third-order valence-electron chi connectivity index (χ3n) is 3.61. The van der Waals surface area contributed by atoms with Gasteiger partial charge in [-0.1, -0.05) is 12.1 Å². The van der Waals surface area contributed by atoms with Crippen LogP contribution in [0, 0.1) is 0 Å². The first kappa shape index (κ1) is 17.2.